The monoisotopic (exact) mass is 294 g/mol. The molecule has 1 fully saturated rings. The van der Waals surface area contributed by atoms with Gasteiger partial charge in [-0.05, 0) is 12.0 Å². The highest BCUT2D eigenvalue weighted by molar-refractivity contribution is 6.18. The fourth-order valence-electron chi connectivity index (χ4n) is 3.06. The first-order valence-electron chi connectivity index (χ1n) is 7.55. The SMILES string of the molecule is CC[C@H]1C[C@@](C(=O)c2ccccc2)(c2ccccc2)C(=O)O1. The third kappa shape index (κ3) is 2.23. The van der Waals surface area contributed by atoms with Crippen LogP contribution in [-0.2, 0) is 14.9 Å². The van der Waals surface area contributed by atoms with Gasteiger partial charge in [-0.3, -0.25) is 9.59 Å². The normalized spacial score (nSPS) is 24.0. The van der Waals surface area contributed by atoms with E-state index in [4.69, 9.17) is 4.74 Å². The average molecular weight is 294 g/mol. The number of benzene rings is 2. The van der Waals surface area contributed by atoms with E-state index in [1.165, 1.54) is 0 Å². The maximum absolute atomic E-state index is 13.1. The maximum atomic E-state index is 13.1. The molecule has 2 atom stereocenters. The number of cyclic esters (lactones) is 1. The molecule has 1 aliphatic heterocycles. The van der Waals surface area contributed by atoms with Gasteiger partial charge in [0.25, 0.3) is 0 Å². The van der Waals surface area contributed by atoms with Gasteiger partial charge in [-0.15, -0.1) is 0 Å². The van der Waals surface area contributed by atoms with Crippen LogP contribution in [0.15, 0.2) is 60.7 Å². The predicted octanol–water partition coefficient (Wildman–Crippen LogP) is 3.53. The smallest absolute Gasteiger partial charge is 0.324 e. The number of rotatable bonds is 4. The summed E-state index contributed by atoms with van der Waals surface area (Å²) in [5.41, 5.74) is 0.0355. The number of esters is 1. The molecule has 1 saturated heterocycles. The molecule has 3 rings (SSSR count). The molecule has 0 amide bonds. The van der Waals surface area contributed by atoms with Crippen LogP contribution in [0, 0.1) is 0 Å². The lowest BCUT2D eigenvalue weighted by Gasteiger charge is -2.24. The van der Waals surface area contributed by atoms with E-state index in [-0.39, 0.29) is 11.9 Å². The van der Waals surface area contributed by atoms with Crippen molar-refractivity contribution in [3.05, 3.63) is 71.8 Å². The fraction of sp³-hybridized carbons (Fsp3) is 0.263. The van der Waals surface area contributed by atoms with Crippen LogP contribution in [0.4, 0.5) is 0 Å². The summed E-state index contributed by atoms with van der Waals surface area (Å²) in [4.78, 5) is 25.8. The molecule has 0 unspecified atom stereocenters. The molecule has 3 nitrogen and oxygen atoms in total. The summed E-state index contributed by atoms with van der Waals surface area (Å²) in [5, 5.41) is 0. The van der Waals surface area contributed by atoms with Gasteiger partial charge in [-0.2, -0.15) is 0 Å². The van der Waals surface area contributed by atoms with Crippen LogP contribution in [0.1, 0.15) is 35.7 Å². The van der Waals surface area contributed by atoms with Crippen molar-refractivity contribution in [3.8, 4) is 0 Å². The Balaban J connectivity index is 2.13. The number of carbonyl (C=O) groups is 2. The van der Waals surface area contributed by atoms with E-state index in [9.17, 15) is 9.59 Å². The lowest BCUT2D eigenvalue weighted by Crippen LogP contribution is -2.40. The molecule has 0 saturated carbocycles. The second-order valence-corrected chi connectivity index (χ2v) is 5.61. The fourth-order valence-corrected chi connectivity index (χ4v) is 3.06. The summed E-state index contributed by atoms with van der Waals surface area (Å²) < 4.78 is 5.46. The molecule has 0 bridgehead atoms. The van der Waals surface area contributed by atoms with Crippen LogP contribution in [-0.4, -0.2) is 17.9 Å². The average Bonchev–Trinajstić information content (AvgIpc) is 2.93. The van der Waals surface area contributed by atoms with E-state index < -0.39 is 11.4 Å². The second-order valence-electron chi connectivity index (χ2n) is 5.61. The van der Waals surface area contributed by atoms with Crippen LogP contribution in [0.3, 0.4) is 0 Å². The van der Waals surface area contributed by atoms with Crippen LogP contribution in [0.25, 0.3) is 0 Å². The Morgan fingerprint density at radius 1 is 1.09 bits per heavy atom. The third-order valence-electron chi connectivity index (χ3n) is 4.30. The minimum Gasteiger partial charge on any atom is -0.461 e. The van der Waals surface area contributed by atoms with Gasteiger partial charge in [0.1, 0.15) is 6.10 Å². The number of hydrogen-bond donors (Lipinski definition) is 0. The van der Waals surface area contributed by atoms with Crippen LogP contribution >= 0.6 is 0 Å². The summed E-state index contributed by atoms with van der Waals surface area (Å²) in [6, 6.07) is 18.2. The molecular formula is C19H18O3. The van der Waals surface area contributed by atoms with E-state index in [2.05, 4.69) is 0 Å². The van der Waals surface area contributed by atoms with E-state index in [0.29, 0.717) is 24.0 Å². The lowest BCUT2D eigenvalue weighted by molar-refractivity contribution is -0.144. The van der Waals surface area contributed by atoms with Gasteiger partial charge in [0.2, 0.25) is 0 Å². The zero-order valence-electron chi connectivity index (χ0n) is 12.5. The molecule has 3 heteroatoms. The summed E-state index contributed by atoms with van der Waals surface area (Å²) in [6.07, 6.45) is 0.906. The van der Waals surface area contributed by atoms with Gasteiger partial charge < -0.3 is 4.74 Å². The third-order valence-corrected chi connectivity index (χ3v) is 4.30. The number of carbonyl (C=O) groups excluding carboxylic acids is 2. The Kier molecular flexibility index (Phi) is 3.80. The van der Waals surface area contributed by atoms with Crippen LogP contribution in [0.2, 0.25) is 0 Å². The molecule has 112 valence electrons. The Morgan fingerprint density at radius 3 is 2.23 bits per heavy atom. The van der Waals surface area contributed by atoms with Crippen molar-refractivity contribution in [2.45, 2.75) is 31.3 Å². The summed E-state index contributed by atoms with van der Waals surface area (Å²) in [6.45, 7) is 1.96. The highest BCUT2D eigenvalue weighted by Crippen LogP contribution is 2.41. The molecule has 1 aliphatic rings. The van der Waals surface area contributed by atoms with Crippen molar-refractivity contribution < 1.29 is 14.3 Å². The molecule has 0 N–H and O–H groups in total. The molecular weight excluding hydrogens is 276 g/mol. The van der Waals surface area contributed by atoms with Gasteiger partial charge in [-0.25, -0.2) is 0 Å². The van der Waals surface area contributed by atoms with E-state index in [1.54, 1.807) is 12.1 Å². The van der Waals surface area contributed by atoms with Crippen molar-refractivity contribution in [1.29, 1.82) is 0 Å². The first-order chi connectivity index (χ1) is 10.7. The highest BCUT2D eigenvalue weighted by Gasteiger charge is 2.55. The van der Waals surface area contributed by atoms with Crippen molar-refractivity contribution in [3.63, 3.8) is 0 Å². The zero-order chi connectivity index (χ0) is 15.6. The van der Waals surface area contributed by atoms with E-state index >= 15 is 0 Å². The first kappa shape index (κ1) is 14.5. The van der Waals surface area contributed by atoms with Crippen LogP contribution in [0.5, 0.6) is 0 Å². The number of ketones is 1. The van der Waals surface area contributed by atoms with Crippen molar-refractivity contribution in [2.75, 3.05) is 0 Å². The minimum atomic E-state index is -1.22. The van der Waals surface area contributed by atoms with Crippen molar-refractivity contribution in [2.24, 2.45) is 0 Å². The van der Waals surface area contributed by atoms with Gasteiger partial charge in [0.05, 0.1) is 0 Å². The topological polar surface area (TPSA) is 43.4 Å². The van der Waals surface area contributed by atoms with Gasteiger partial charge in [0, 0.05) is 12.0 Å². The maximum Gasteiger partial charge on any atom is 0.324 e. The van der Waals surface area contributed by atoms with Gasteiger partial charge >= 0.3 is 5.97 Å². The van der Waals surface area contributed by atoms with Crippen molar-refractivity contribution in [1.82, 2.24) is 0 Å². The molecule has 0 spiro atoms. The molecule has 0 radical (unpaired) electrons. The minimum absolute atomic E-state index is 0.180. The van der Waals surface area contributed by atoms with Gasteiger partial charge in [-0.1, -0.05) is 67.6 Å². The molecule has 2 aromatic carbocycles. The Bertz CT molecular complexity index is 678. The molecule has 1 heterocycles. The Morgan fingerprint density at radius 2 is 1.68 bits per heavy atom. The van der Waals surface area contributed by atoms with Crippen molar-refractivity contribution >= 4 is 11.8 Å². The first-order valence-corrected chi connectivity index (χ1v) is 7.55. The van der Waals surface area contributed by atoms with Crippen LogP contribution < -0.4 is 0 Å². The standard InChI is InChI=1S/C19H18O3/c1-2-16-13-19(18(21)22-16,15-11-7-4-8-12-15)17(20)14-9-5-3-6-10-14/h3-12,16H,2,13H2,1H3/t16-,19-/m0/s1. The largest absolute Gasteiger partial charge is 0.461 e. The predicted molar refractivity (Wildman–Crippen MR) is 83.7 cm³/mol. The van der Waals surface area contributed by atoms with Gasteiger partial charge in [0.15, 0.2) is 11.2 Å². The highest BCUT2D eigenvalue weighted by atomic mass is 16.6. The van der Waals surface area contributed by atoms with E-state index in [0.717, 1.165) is 0 Å². The quantitative estimate of drug-likeness (QED) is 0.492. The molecule has 0 aromatic heterocycles. The summed E-state index contributed by atoms with van der Waals surface area (Å²) >= 11 is 0. The Labute approximate surface area is 129 Å². The number of hydrogen-bond acceptors (Lipinski definition) is 3. The Hall–Kier alpha value is -2.42. The zero-order valence-corrected chi connectivity index (χ0v) is 12.5. The summed E-state index contributed by atoms with van der Waals surface area (Å²) in [5.74, 6) is -0.611. The molecule has 22 heavy (non-hydrogen) atoms. The molecule has 2 aromatic rings. The second kappa shape index (κ2) is 5.76. The molecule has 0 aliphatic carbocycles. The summed E-state index contributed by atoms with van der Waals surface area (Å²) in [7, 11) is 0. The lowest BCUT2D eigenvalue weighted by atomic mass is 9.72. The number of Topliss-reactive ketones (excluding diaryl/α,β-unsaturated/α-hetero) is 1. The number of ether oxygens (including phenoxy) is 1. The van der Waals surface area contributed by atoms with E-state index in [1.807, 2.05) is 55.5 Å².